The standard InChI is InChI=1S/C19H28O2/c1-19-9-8-14-15(17(19)6-7-18(19)21)5-4-13-3-2-12(11-20)10-16(13)14/h2,11,13-18,21H,3-10H2,1H3/t13-,14+,15-,16+,17+,18+,19+/m1/s1. The van der Waals surface area contributed by atoms with E-state index in [4.69, 9.17) is 0 Å². The van der Waals surface area contributed by atoms with Crippen LogP contribution in [0.15, 0.2) is 11.6 Å². The van der Waals surface area contributed by atoms with E-state index in [0.29, 0.717) is 0 Å². The molecule has 4 aliphatic rings. The molecule has 0 spiro atoms. The summed E-state index contributed by atoms with van der Waals surface area (Å²) in [6, 6.07) is 0. The number of hydrogen-bond acceptors (Lipinski definition) is 2. The van der Waals surface area contributed by atoms with Crippen molar-refractivity contribution >= 4 is 6.29 Å². The molecule has 0 aliphatic heterocycles. The van der Waals surface area contributed by atoms with E-state index in [1.165, 1.54) is 32.1 Å². The van der Waals surface area contributed by atoms with Crippen molar-refractivity contribution in [1.82, 2.24) is 0 Å². The number of fused-ring (bicyclic) bond motifs is 5. The van der Waals surface area contributed by atoms with Crippen molar-refractivity contribution in [1.29, 1.82) is 0 Å². The van der Waals surface area contributed by atoms with Crippen LogP contribution in [0.3, 0.4) is 0 Å². The smallest absolute Gasteiger partial charge is 0.145 e. The number of aliphatic hydroxyl groups excluding tert-OH is 1. The number of aldehydes is 1. The van der Waals surface area contributed by atoms with Crippen LogP contribution in [0.1, 0.15) is 58.3 Å². The van der Waals surface area contributed by atoms with E-state index in [9.17, 15) is 9.90 Å². The maximum atomic E-state index is 11.2. The maximum absolute atomic E-state index is 11.2. The van der Waals surface area contributed by atoms with Gasteiger partial charge in [0.2, 0.25) is 0 Å². The zero-order valence-electron chi connectivity index (χ0n) is 13.1. The second kappa shape index (κ2) is 4.94. The Morgan fingerprint density at radius 3 is 2.81 bits per heavy atom. The quantitative estimate of drug-likeness (QED) is 0.746. The van der Waals surface area contributed by atoms with Crippen LogP contribution in [0.5, 0.6) is 0 Å². The van der Waals surface area contributed by atoms with Gasteiger partial charge in [-0.3, -0.25) is 4.79 Å². The molecule has 0 heterocycles. The van der Waals surface area contributed by atoms with Crippen molar-refractivity contribution in [2.75, 3.05) is 0 Å². The van der Waals surface area contributed by atoms with E-state index in [1.54, 1.807) is 0 Å². The average molecular weight is 288 g/mol. The molecule has 1 N–H and O–H groups in total. The molecule has 0 radical (unpaired) electrons. The predicted molar refractivity (Wildman–Crippen MR) is 82.6 cm³/mol. The third-order valence-electron chi connectivity index (χ3n) is 7.77. The summed E-state index contributed by atoms with van der Waals surface area (Å²) in [6.45, 7) is 2.34. The van der Waals surface area contributed by atoms with Gasteiger partial charge in [-0.15, -0.1) is 0 Å². The highest BCUT2D eigenvalue weighted by Gasteiger charge is 2.56. The predicted octanol–water partition coefficient (Wildman–Crippen LogP) is 3.74. The molecule has 0 saturated heterocycles. The first-order chi connectivity index (χ1) is 10.1. The average Bonchev–Trinajstić information content (AvgIpc) is 2.82. The largest absolute Gasteiger partial charge is 0.393 e. The zero-order chi connectivity index (χ0) is 14.6. The van der Waals surface area contributed by atoms with E-state index in [-0.39, 0.29) is 11.5 Å². The molecule has 0 aromatic heterocycles. The topological polar surface area (TPSA) is 37.3 Å². The second-order valence-corrected chi connectivity index (χ2v) is 8.41. The summed E-state index contributed by atoms with van der Waals surface area (Å²) >= 11 is 0. The first kappa shape index (κ1) is 14.0. The molecular formula is C19H28O2. The Morgan fingerprint density at radius 2 is 2.00 bits per heavy atom. The van der Waals surface area contributed by atoms with Crippen LogP contribution >= 0.6 is 0 Å². The van der Waals surface area contributed by atoms with Crippen molar-refractivity contribution in [3.8, 4) is 0 Å². The summed E-state index contributed by atoms with van der Waals surface area (Å²) in [5.74, 6) is 3.93. The molecule has 21 heavy (non-hydrogen) atoms. The van der Waals surface area contributed by atoms with Crippen LogP contribution < -0.4 is 0 Å². The highest BCUT2D eigenvalue weighted by molar-refractivity contribution is 5.73. The summed E-state index contributed by atoms with van der Waals surface area (Å²) in [7, 11) is 0. The van der Waals surface area contributed by atoms with E-state index in [2.05, 4.69) is 13.0 Å². The van der Waals surface area contributed by atoms with Gasteiger partial charge in [0.1, 0.15) is 6.29 Å². The van der Waals surface area contributed by atoms with E-state index in [1.807, 2.05) is 0 Å². The van der Waals surface area contributed by atoms with E-state index >= 15 is 0 Å². The van der Waals surface area contributed by atoms with Crippen molar-refractivity contribution < 1.29 is 9.90 Å². The lowest BCUT2D eigenvalue weighted by molar-refractivity contribution is -0.106. The lowest BCUT2D eigenvalue weighted by atomic mass is 9.50. The minimum atomic E-state index is -0.0713. The van der Waals surface area contributed by atoms with Crippen LogP contribution in [-0.4, -0.2) is 17.5 Å². The van der Waals surface area contributed by atoms with Gasteiger partial charge in [0, 0.05) is 0 Å². The van der Waals surface area contributed by atoms with E-state index < -0.39 is 0 Å². The minimum absolute atomic E-state index is 0.0713. The number of aliphatic hydroxyl groups is 1. The molecule has 2 heteroatoms. The first-order valence-corrected chi connectivity index (χ1v) is 8.96. The molecule has 3 saturated carbocycles. The van der Waals surface area contributed by atoms with Gasteiger partial charge >= 0.3 is 0 Å². The molecule has 3 fully saturated rings. The van der Waals surface area contributed by atoms with E-state index in [0.717, 1.165) is 60.7 Å². The molecule has 4 aliphatic carbocycles. The third-order valence-corrected chi connectivity index (χ3v) is 7.77. The number of carbonyl (C=O) groups is 1. The van der Waals surface area contributed by atoms with Crippen LogP contribution in [0.4, 0.5) is 0 Å². The van der Waals surface area contributed by atoms with Crippen LogP contribution in [-0.2, 0) is 4.79 Å². The Labute approximate surface area is 128 Å². The molecule has 7 atom stereocenters. The molecule has 0 unspecified atom stereocenters. The first-order valence-electron chi connectivity index (χ1n) is 8.96. The monoisotopic (exact) mass is 288 g/mol. The SMILES string of the molecule is C[C@]12CC[C@H]3[C@@H](CC[C@H]4CC=C(C=O)C[C@@H]43)[C@@H]1CC[C@@H]2O. The highest BCUT2D eigenvalue weighted by Crippen LogP contribution is 2.62. The Bertz CT molecular complexity index is 468. The lowest BCUT2D eigenvalue weighted by Gasteiger charge is -2.54. The number of hydrogen-bond donors (Lipinski definition) is 1. The summed E-state index contributed by atoms with van der Waals surface area (Å²) < 4.78 is 0. The van der Waals surface area contributed by atoms with Crippen molar-refractivity contribution in [2.24, 2.45) is 35.0 Å². The normalized spacial score (nSPS) is 52.4. The summed E-state index contributed by atoms with van der Waals surface area (Å²) in [4.78, 5) is 11.2. The van der Waals surface area contributed by atoms with Crippen molar-refractivity contribution in [2.45, 2.75) is 64.4 Å². The highest BCUT2D eigenvalue weighted by atomic mass is 16.3. The van der Waals surface area contributed by atoms with Crippen LogP contribution in [0.2, 0.25) is 0 Å². The zero-order valence-corrected chi connectivity index (χ0v) is 13.1. The molecule has 0 aromatic carbocycles. The van der Waals surface area contributed by atoms with Gasteiger partial charge in [0.15, 0.2) is 0 Å². The third kappa shape index (κ3) is 1.98. The fraction of sp³-hybridized carbons (Fsp3) is 0.842. The lowest BCUT2D eigenvalue weighted by Crippen LogP contribution is -2.48. The molecule has 0 bridgehead atoms. The second-order valence-electron chi connectivity index (χ2n) is 8.41. The van der Waals surface area contributed by atoms with Gasteiger partial charge in [0.05, 0.1) is 6.10 Å². The Hall–Kier alpha value is -0.630. The van der Waals surface area contributed by atoms with Gasteiger partial charge in [-0.2, -0.15) is 0 Å². The fourth-order valence-electron chi connectivity index (χ4n) is 6.57. The van der Waals surface area contributed by atoms with Crippen LogP contribution in [0.25, 0.3) is 0 Å². The maximum Gasteiger partial charge on any atom is 0.145 e. The van der Waals surface area contributed by atoms with Gasteiger partial charge in [-0.25, -0.2) is 0 Å². The van der Waals surface area contributed by atoms with Gasteiger partial charge in [-0.05, 0) is 91.9 Å². The Balaban J connectivity index is 1.60. The molecule has 116 valence electrons. The minimum Gasteiger partial charge on any atom is -0.393 e. The number of rotatable bonds is 1. The Morgan fingerprint density at radius 1 is 1.14 bits per heavy atom. The number of carbonyl (C=O) groups excluding carboxylic acids is 1. The number of allylic oxidation sites excluding steroid dienone is 2. The molecule has 0 aromatic rings. The van der Waals surface area contributed by atoms with Crippen molar-refractivity contribution in [3.63, 3.8) is 0 Å². The molecule has 0 amide bonds. The fourth-order valence-corrected chi connectivity index (χ4v) is 6.57. The summed E-state index contributed by atoms with van der Waals surface area (Å²) in [6.07, 6.45) is 12.8. The van der Waals surface area contributed by atoms with Crippen molar-refractivity contribution in [3.05, 3.63) is 11.6 Å². The molecule has 2 nitrogen and oxygen atoms in total. The van der Waals surface area contributed by atoms with Crippen LogP contribution in [0, 0.1) is 35.0 Å². The van der Waals surface area contributed by atoms with Gasteiger partial charge in [0.25, 0.3) is 0 Å². The molecule has 4 rings (SSSR count). The summed E-state index contributed by atoms with van der Waals surface area (Å²) in [5.41, 5.74) is 1.24. The van der Waals surface area contributed by atoms with Gasteiger partial charge < -0.3 is 5.11 Å². The molecular weight excluding hydrogens is 260 g/mol. The van der Waals surface area contributed by atoms with Gasteiger partial charge in [-0.1, -0.05) is 13.0 Å². The Kier molecular flexibility index (Phi) is 3.29. The summed E-state index contributed by atoms with van der Waals surface area (Å²) in [5, 5.41) is 10.4.